The Kier molecular flexibility index (Phi) is 8.32. The highest BCUT2D eigenvalue weighted by Gasteiger charge is 2.47. The number of phosphoric acid groups is 2. The molecule has 10 atom stereocenters. The highest BCUT2D eigenvalue weighted by molar-refractivity contribution is 7.61. The molecule has 0 saturated carbocycles. The molecule has 0 spiro atoms. The average Bonchev–Trinajstić information content (AvgIpc) is 3.08. The zero-order valence-electron chi connectivity index (χ0n) is 17.5. The lowest BCUT2D eigenvalue weighted by molar-refractivity contribution is -0.242. The first-order valence-electron chi connectivity index (χ1n) is 9.81. The molecule has 0 radical (unpaired) electrons. The van der Waals surface area contributed by atoms with Gasteiger partial charge in [0.25, 0.3) is 5.56 Å². The Morgan fingerprint density at radius 3 is 2.50 bits per heavy atom. The van der Waals surface area contributed by atoms with Gasteiger partial charge in [-0.1, -0.05) is 0 Å². The summed E-state index contributed by atoms with van der Waals surface area (Å²) in [6.45, 7) is 0.581. The average molecular weight is 533 g/mol. The highest BCUT2D eigenvalue weighted by Crippen LogP contribution is 2.61. The third-order valence-corrected chi connectivity index (χ3v) is 7.73. The molecule has 19 heteroatoms. The number of nitrogens with one attached hydrogen (secondary N) is 1. The maximum atomic E-state index is 12.1. The largest absolute Gasteiger partial charge is 0.483 e. The lowest BCUT2D eigenvalue weighted by Gasteiger charge is -2.39. The van der Waals surface area contributed by atoms with E-state index in [4.69, 9.17) is 15.2 Å². The number of aliphatic hydroxyl groups is 3. The van der Waals surface area contributed by atoms with E-state index in [9.17, 15) is 43.8 Å². The number of nitrogens with two attached hydrogens (primary N) is 1. The Hall–Kier alpha value is -1.30. The second-order valence-corrected chi connectivity index (χ2v) is 10.6. The molecule has 2 aliphatic rings. The van der Waals surface area contributed by atoms with Crippen LogP contribution in [0.2, 0.25) is 0 Å². The lowest BCUT2D eigenvalue weighted by atomic mass is 9.98. The number of rotatable bonds is 8. The number of hydrogen-bond acceptors (Lipinski definition) is 13. The number of aromatic nitrogens is 2. The van der Waals surface area contributed by atoms with Gasteiger partial charge in [0.15, 0.2) is 6.29 Å². The molecule has 0 aliphatic carbocycles. The number of nitrogens with zero attached hydrogens (tertiary/aromatic N) is 1. The summed E-state index contributed by atoms with van der Waals surface area (Å²) in [7, 11) is -10.7. The zero-order valence-corrected chi connectivity index (χ0v) is 19.3. The van der Waals surface area contributed by atoms with Gasteiger partial charge in [-0.25, -0.2) is 13.9 Å². The van der Waals surface area contributed by atoms with Crippen molar-refractivity contribution >= 4 is 15.6 Å². The van der Waals surface area contributed by atoms with Crippen molar-refractivity contribution < 1.29 is 57.1 Å². The number of aromatic amines is 1. The monoisotopic (exact) mass is 533 g/mol. The Morgan fingerprint density at radius 1 is 1.18 bits per heavy atom. The molecular formula is C15H25N3O14P2. The summed E-state index contributed by atoms with van der Waals surface area (Å²) < 4.78 is 49.0. The predicted molar refractivity (Wildman–Crippen MR) is 108 cm³/mol. The molecule has 8 N–H and O–H groups in total. The molecule has 2 fully saturated rings. The fourth-order valence-electron chi connectivity index (χ4n) is 3.30. The molecule has 5 unspecified atom stereocenters. The van der Waals surface area contributed by atoms with Crippen LogP contribution in [0.25, 0.3) is 0 Å². The van der Waals surface area contributed by atoms with E-state index in [0.717, 1.165) is 16.8 Å². The number of phosphoric ester groups is 2. The Labute approximate surface area is 190 Å². The van der Waals surface area contributed by atoms with Crippen LogP contribution >= 0.6 is 15.6 Å². The molecular weight excluding hydrogens is 508 g/mol. The van der Waals surface area contributed by atoms with Gasteiger partial charge >= 0.3 is 21.3 Å². The molecule has 34 heavy (non-hydrogen) atoms. The van der Waals surface area contributed by atoms with Crippen molar-refractivity contribution in [2.75, 3.05) is 6.61 Å². The van der Waals surface area contributed by atoms with Crippen molar-refractivity contribution in [3.63, 3.8) is 0 Å². The molecule has 2 saturated heterocycles. The van der Waals surface area contributed by atoms with Gasteiger partial charge in [0.05, 0.1) is 24.9 Å². The summed E-state index contributed by atoms with van der Waals surface area (Å²) in [6, 6.07) is 0.0189. The number of hydrogen-bond donors (Lipinski definition) is 7. The predicted octanol–water partition coefficient (Wildman–Crippen LogP) is -2.77. The lowest BCUT2D eigenvalue weighted by Crippen LogP contribution is -2.60. The normalized spacial score (nSPS) is 37.7. The van der Waals surface area contributed by atoms with Crippen molar-refractivity contribution in [3.8, 4) is 0 Å². The van der Waals surface area contributed by atoms with Crippen molar-refractivity contribution in [1.82, 2.24) is 9.55 Å². The van der Waals surface area contributed by atoms with Crippen LogP contribution in [0, 0.1) is 0 Å². The quantitative estimate of drug-likeness (QED) is 0.167. The Balaban J connectivity index is 1.57. The molecule has 194 valence electrons. The maximum absolute atomic E-state index is 12.1. The van der Waals surface area contributed by atoms with Gasteiger partial charge in [-0.2, -0.15) is 4.31 Å². The first kappa shape index (κ1) is 27.3. The van der Waals surface area contributed by atoms with E-state index in [1.807, 2.05) is 4.98 Å². The Morgan fingerprint density at radius 2 is 1.85 bits per heavy atom. The zero-order chi connectivity index (χ0) is 25.4. The van der Waals surface area contributed by atoms with Crippen LogP contribution in [0.3, 0.4) is 0 Å². The van der Waals surface area contributed by atoms with Crippen LogP contribution in [0.15, 0.2) is 21.9 Å². The highest BCUT2D eigenvalue weighted by atomic mass is 31.3. The molecule has 0 bridgehead atoms. The first-order valence-corrected chi connectivity index (χ1v) is 12.8. The van der Waals surface area contributed by atoms with E-state index >= 15 is 0 Å². The van der Waals surface area contributed by atoms with Crippen LogP contribution in [-0.4, -0.2) is 84.1 Å². The van der Waals surface area contributed by atoms with Crippen molar-refractivity contribution in [2.24, 2.45) is 5.73 Å². The molecule has 1 aromatic rings. The SMILES string of the molecule is C[C@H]1OC(OP(=O)(O)OP(=O)(O)OC[C@H]2OC(n3ccc(=O)[nH]c3=O)C[C@@H]2O)[C@H](O)[C@@H](O)C1N. The van der Waals surface area contributed by atoms with Crippen LogP contribution in [0.1, 0.15) is 19.6 Å². The summed E-state index contributed by atoms with van der Waals surface area (Å²) in [4.78, 5) is 44.6. The van der Waals surface area contributed by atoms with E-state index in [0.29, 0.717) is 0 Å². The van der Waals surface area contributed by atoms with E-state index in [2.05, 4.69) is 13.4 Å². The molecule has 1 aromatic heterocycles. The fraction of sp³-hybridized carbons (Fsp3) is 0.733. The fourth-order valence-corrected chi connectivity index (χ4v) is 5.46. The van der Waals surface area contributed by atoms with E-state index in [1.165, 1.54) is 6.92 Å². The maximum Gasteiger partial charge on any atom is 0.483 e. The molecule has 0 amide bonds. The van der Waals surface area contributed by atoms with Gasteiger partial charge in [-0.05, 0) is 6.92 Å². The van der Waals surface area contributed by atoms with E-state index in [-0.39, 0.29) is 6.42 Å². The van der Waals surface area contributed by atoms with Gasteiger partial charge < -0.3 is 40.3 Å². The van der Waals surface area contributed by atoms with Crippen LogP contribution in [-0.2, 0) is 32.0 Å². The smallest absolute Gasteiger partial charge is 0.390 e. The van der Waals surface area contributed by atoms with Crippen molar-refractivity contribution in [3.05, 3.63) is 33.1 Å². The van der Waals surface area contributed by atoms with E-state index in [1.54, 1.807) is 0 Å². The summed E-state index contributed by atoms with van der Waals surface area (Å²) in [5.41, 5.74) is 4.13. The van der Waals surface area contributed by atoms with Gasteiger partial charge in [-0.15, -0.1) is 0 Å². The van der Waals surface area contributed by atoms with Crippen LogP contribution in [0.4, 0.5) is 0 Å². The van der Waals surface area contributed by atoms with E-state index < -0.39 is 82.6 Å². The van der Waals surface area contributed by atoms with Crippen LogP contribution < -0.4 is 17.0 Å². The summed E-state index contributed by atoms with van der Waals surface area (Å²) in [6.07, 6.45) is -8.87. The first-order chi connectivity index (χ1) is 15.7. The number of ether oxygens (including phenoxy) is 2. The third-order valence-electron chi connectivity index (χ3n) is 5.12. The summed E-state index contributed by atoms with van der Waals surface area (Å²) in [5, 5.41) is 29.8. The summed E-state index contributed by atoms with van der Waals surface area (Å²) in [5.74, 6) is 0. The molecule has 0 aromatic carbocycles. The standard InChI is InChI=1S/C15H25N3O14P2/c1-6-11(16)12(21)13(22)14(29-6)31-34(26,27)32-33(24,25)28-5-8-7(19)4-10(30-8)18-3-2-9(20)17-15(18)23/h2-3,6-8,10-14,19,21-22H,4-5,16H2,1H3,(H,24,25)(H,26,27)(H,17,20,23)/t6-,7+,8-,10?,11?,12+,13-,14?/m1/s1. The molecule has 3 rings (SSSR count). The second-order valence-electron chi connectivity index (χ2n) is 7.64. The van der Waals surface area contributed by atoms with Gasteiger partial charge in [0.1, 0.15) is 24.5 Å². The van der Waals surface area contributed by atoms with Crippen molar-refractivity contribution in [1.29, 1.82) is 0 Å². The van der Waals surface area contributed by atoms with Crippen molar-refractivity contribution in [2.45, 2.75) is 62.4 Å². The minimum absolute atomic E-state index is 0.141. The van der Waals surface area contributed by atoms with Crippen LogP contribution in [0.5, 0.6) is 0 Å². The molecule has 2 aliphatic heterocycles. The molecule has 3 heterocycles. The minimum Gasteiger partial charge on any atom is -0.390 e. The van der Waals surface area contributed by atoms with Gasteiger partial charge in [0, 0.05) is 18.7 Å². The topological polar surface area (TPSA) is 262 Å². The van der Waals surface area contributed by atoms with Gasteiger partial charge in [-0.3, -0.25) is 23.4 Å². The Bertz CT molecular complexity index is 1080. The summed E-state index contributed by atoms with van der Waals surface area (Å²) >= 11 is 0. The third kappa shape index (κ3) is 6.47. The second kappa shape index (κ2) is 10.4. The number of H-pyrrole nitrogens is 1. The van der Waals surface area contributed by atoms with Gasteiger partial charge in [0.2, 0.25) is 0 Å². The number of aliphatic hydroxyl groups excluding tert-OH is 3. The molecule has 17 nitrogen and oxygen atoms in total. The minimum atomic E-state index is -5.40.